The quantitative estimate of drug-likeness (QED) is 0.721. The van der Waals surface area contributed by atoms with Crippen molar-refractivity contribution in [1.82, 2.24) is 9.97 Å². The molecular weight excluding hydrogens is 197 g/mol. The molecule has 0 radical (unpaired) electrons. The first-order valence-electron chi connectivity index (χ1n) is 4.92. The summed E-state index contributed by atoms with van der Waals surface area (Å²) in [5.41, 5.74) is -0.193. The first kappa shape index (κ1) is 10.3. The molecule has 15 heavy (non-hydrogen) atoms. The highest BCUT2D eigenvalue weighted by atomic mass is 19.1. The standard InChI is InChI=1S/C10H14FN3O/c1-10(2)6(3-7(10)15)14-9-4-8(11)12-5-13-9/h4-7,15H,3H2,1-2H3,(H,12,13,14). The van der Waals surface area contributed by atoms with Gasteiger partial charge < -0.3 is 10.4 Å². The molecule has 0 aliphatic heterocycles. The molecule has 2 atom stereocenters. The number of halogens is 1. The maximum atomic E-state index is 12.8. The van der Waals surface area contributed by atoms with Crippen LogP contribution in [0.15, 0.2) is 12.4 Å². The Hall–Kier alpha value is -1.23. The van der Waals surface area contributed by atoms with Gasteiger partial charge in [0.05, 0.1) is 6.10 Å². The molecule has 1 aromatic heterocycles. The maximum Gasteiger partial charge on any atom is 0.217 e. The van der Waals surface area contributed by atoms with Crippen LogP contribution >= 0.6 is 0 Å². The monoisotopic (exact) mass is 211 g/mol. The van der Waals surface area contributed by atoms with Crippen molar-refractivity contribution >= 4 is 5.82 Å². The number of aromatic nitrogens is 2. The van der Waals surface area contributed by atoms with Crippen LogP contribution in [-0.2, 0) is 0 Å². The van der Waals surface area contributed by atoms with Gasteiger partial charge in [-0.2, -0.15) is 4.39 Å². The summed E-state index contributed by atoms with van der Waals surface area (Å²) in [6, 6.07) is 1.38. The Bertz CT molecular complexity index is 369. The largest absolute Gasteiger partial charge is 0.392 e. The highest BCUT2D eigenvalue weighted by molar-refractivity contribution is 5.36. The van der Waals surface area contributed by atoms with E-state index in [0.29, 0.717) is 12.2 Å². The summed E-state index contributed by atoms with van der Waals surface area (Å²) in [5, 5.41) is 12.6. The molecule has 2 rings (SSSR count). The molecule has 1 fully saturated rings. The molecule has 1 aliphatic rings. The normalized spacial score (nSPS) is 28.3. The van der Waals surface area contributed by atoms with Crippen LogP contribution in [-0.4, -0.2) is 27.2 Å². The van der Waals surface area contributed by atoms with Crippen LogP contribution < -0.4 is 5.32 Å². The van der Waals surface area contributed by atoms with Crippen LogP contribution in [0.25, 0.3) is 0 Å². The summed E-state index contributed by atoms with van der Waals surface area (Å²) >= 11 is 0. The molecule has 0 amide bonds. The predicted octanol–water partition coefficient (Wildman–Crippen LogP) is 1.19. The minimum Gasteiger partial charge on any atom is -0.392 e. The summed E-state index contributed by atoms with van der Waals surface area (Å²) in [5.74, 6) is -0.0855. The summed E-state index contributed by atoms with van der Waals surface area (Å²) in [7, 11) is 0. The molecule has 1 aromatic rings. The molecule has 5 heteroatoms. The summed E-state index contributed by atoms with van der Waals surface area (Å²) in [4.78, 5) is 7.28. The van der Waals surface area contributed by atoms with Gasteiger partial charge in [-0.15, -0.1) is 0 Å². The fourth-order valence-electron chi connectivity index (χ4n) is 1.74. The van der Waals surface area contributed by atoms with E-state index in [4.69, 9.17) is 0 Å². The number of hydrogen-bond donors (Lipinski definition) is 2. The van der Waals surface area contributed by atoms with Gasteiger partial charge >= 0.3 is 0 Å². The fraction of sp³-hybridized carbons (Fsp3) is 0.600. The van der Waals surface area contributed by atoms with Crippen LogP contribution in [0.4, 0.5) is 10.2 Å². The van der Waals surface area contributed by atoms with Gasteiger partial charge in [0.1, 0.15) is 12.1 Å². The van der Waals surface area contributed by atoms with Gasteiger partial charge in [0.15, 0.2) is 0 Å². The number of aliphatic hydroxyl groups excluding tert-OH is 1. The van der Waals surface area contributed by atoms with Crippen molar-refractivity contribution in [3.8, 4) is 0 Å². The van der Waals surface area contributed by atoms with Crippen molar-refractivity contribution in [2.45, 2.75) is 32.4 Å². The summed E-state index contributed by atoms with van der Waals surface area (Å²) in [6.45, 7) is 3.94. The highest BCUT2D eigenvalue weighted by Crippen LogP contribution is 2.41. The van der Waals surface area contributed by atoms with E-state index in [0.717, 1.165) is 0 Å². The highest BCUT2D eigenvalue weighted by Gasteiger charge is 2.47. The Labute approximate surface area is 87.6 Å². The molecule has 82 valence electrons. The van der Waals surface area contributed by atoms with E-state index < -0.39 is 5.95 Å². The Morgan fingerprint density at radius 2 is 2.27 bits per heavy atom. The van der Waals surface area contributed by atoms with Crippen molar-refractivity contribution in [3.63, 3.8) is 0 Å². The van der Waals surface area contributed by atoms with Gasteiger partial charge in [-0.25, -0.2) is 9.97 Å². The lowest BCUT2D eigenvalue weighted by atomic mass is 9.64. The Balaban J connectivity index is 2.05. The van der Waals surface area contributed by atoms with Crippen LogP contribution in [0.1, 0.15) is 20.3 Å². The number of aliphatic hydroxyl groups is 1. The molecule has 0 spiro atoms. The third kappa shape index (κ3) is 1.79. The van der Waals surface area contributed by atoms with Crippen molar-refractivity contribution in [2.24, 2.45) is 5.41 Å². The van der Waals surface area contributed by atoms with Crippen LogP contribution in [0, 0.1) is 11.4 Å². The average Bonchev–Trinajstić information content (AvgIpc) is 2.17. The van der Waals surface area contributed by atoms with Crippen LogP contribution in [0.2, 0.25) is 0 Å². The third-order valence-corrected chi connectivity index (χ3v) is 3.17. The van der Waals surface area contributed by atoms with Crippen molar-refractivity contribution in [2.75, 3.05) is 5.32 Å². The molecule has 0 bridgehead atoms. The van der Waals surface area contributed by atoms with Crippen molar-refractivity contribution in [1.29, 1.82) is 0 Å². The molecule has 1 heterocycles. The molecule has 1 saturated carbocycles. The van der Waals surface area contributed by atoms with Gasteiger partial charge in [0, 0.05) is 17.5 Å². The minimum absolute atomic E-state index is 0.127. The zero-order valence-corrected chi connectivity index (χ0v) is 8.74. The first-order chi connectivity index (χ1) is 7.00. The summed E-state index contributed by atoms with van der Waals surface area (Å²) < 4.78 is 12.8. The number of hydrogen-bond acceptors (Lipinski definition) is 4. The van der Waals surface area contributed by atoms with Gasteiger partial charge in [-0.05, 0) is 6.42 Å². The number of rotatable bonds is 2. The van der Waals surface area contributed by atoms with Crippen molar-refractivity contribution in [3.05, 3.63) is 18.3 Å². The van der Waals surface area contributed by atoms with E-state index in [1.165, 1.54) is 12.4 Å². The lowest BCUT2D eigenvalue weighted by Crippen LogP contribution is -2.57. The second-order valence-electron chi connectivity index (χ2n) is 4.50. The van der Waals surface area contributed by atoms with Crippen LogP contribution in [0.5, 0.6) is 0 Å². The molecule has 0 saturated heterocycles. The van der Waals surface area contributed by atoms with Crippen LogP contribution in [0.3, 0.4) is 0 Å². The van der Waals surface area contributed by atoms with Gasteiger partial charge in [0.25, 0.3) is 0 Å². The predicted molar refractivity (Wildman–Crippen MR) is 53.8 cm³/mol. The lowest BCUT2D eigenvalue weighted by molar-refractivity contribution is -0.0511. The second-order valence-corrected chi connectivity index (χ2v) is 4.50. The van der Waals surface area contributed by atoms with Gasteiger partial charge in [-0.1, -0.05) is 13.8 Å². The fourth-order valence-corrected chi connectivity index (χ4v) is 1.74. The van der Waals surface area contributed by atoms with E-state index in [1.54, 1.807) is 0 Å². The lowest BCUT2D eigenvalue weighted by Gasteiger charge is -2.49. The van der Waals surface area contributed by atoms with E-state index >= 15 is 0 Å². The molecule has 4 nitrogen and oxygen atoms in total. The van der Waals surface area contributed by atoms with E-state index in [9.17, 15) is 9.50 Å². The third-order valence-electron chi connectivity index (χ3n) is 3.17. The Morgan fingerprint density at radius 3 is 2.80 bits per heavy atom. The SMILES string of the molecule is CC1(C)C(O)CC1Nc1cc(F)ncn1. The molecule has 1 aliphatic carbocycles. The van der Waals surface area contributed by atoms with E-state index in [-0.39, 0.29) is 17.6 Å². The average molecular weight is 211 g/mol. The van der Waals surface area contributed by atoms with E-state index in [2.05, 4.69) is 15.3 Å². The summed E-state index contributed by atoms with van der Waals surface area (Å²) in [6.07, 6.45) is 1.54. The molecule has 0 aromatic carbocycles. The Morgan fingerprint density at radius 1 is 1.53 bits per heavy atom. The number of anilines is 1. The van der Waals surface area contributed by atoms with Gasteiger partial charge in [0.2, 0.25) is 5.95 Å². The zero-order valence-electron chi connectivity index (χ0n) is 8.74. The Kier molecular flexibility index (Phi) is 2.34. The number of nitrogens with zero attached hydrogens (tertiary/aromatic N) is 2. The molecular formula is C10H14FN3O. The van der Waals surface area contributed by atoms with Gasteiger partial charge in [-0.3, -0.25) is 0 Å². The van der Waals surface area contributed by atoms with E-state index in [1.807, 2.05) is 13.8 Å². The van der Waals surface area contributed by atoms with Crippen molar-refractivity contribution < 1.29 is 9.50 Å². The molecule has 2 N–H and O–H groups in total. The number of nitrogens with one attached hydrogen (secondary N) is 1. The second kappa shape index (κ2) is 3.41. The topological polar surface area (TPSA) is 58.0 Å². The molecule has 2 unspecified atom stereocenters. The smallest absolute Gasteiger partial charge is 0.217 e. The maximum absolute atomic E-state index is 12.8. The minimum atomic E-state index is -0.551. The first-order valence-corrected chi connectivity index (χ1v) is 4.92. The zero-order chi connectivity index (χ0) is 11.1.